The van der Waals surface area contributed by atoms with Gasteiger partial charge in [0, 0.05) is 17.3 Å². The second-order valence-electron chi connectivity index (χ2n) is 7.21. The molecule has 0 fully saturated rings. The molecule has 3 aromatic heterocycles. The first kappa shape index (κ1) is 20.0. The Balaban J connectivity index is 1.59. The number of carbonyl (C=O) groups is 1. The number of halogens is 2. The smallest absolute Gasteiger partial charge is 0.251 e. The summed E-state index contributed by atoms with van der Waals surface area (Å²) in [6, 6.07) is 15.1. The van der Waals surface area contributed by atoms with Crippen LogP contribution in [0.15, 0.2) is 60.8 Å². The lowest BCUT2D eigenvalue weighted by molar-refractivity contribution is 0.0950. The molecule has 0 aliphatic heterocycles. The van der Waals surface area contributed by atoms with Crippen LogP contribution in [0, 0.1) is 12.7 Å². The molecule has 0 bridgehead atoms. The molecule has 5 rings (SSSR count). The Morgan fingerprint density at radius 3 is 2.78 bits per heavy atom. The highest BCUT2D eigenvalue weighted by Crippen LogP contribution is 2.29. The molecule has 1 amide bonds. The van der Waals surface area contributed by atoms with Gasteiger partial charge in [0.25, 0.3) is 5.91 Å². The van der Waals surface area contributed by atoms with E-state index in [1.807, 2.05) is 29.5 Å². The lowest BCUT2D eigenvalue weighted by atomic mass is 10.1. The molecule has 0 saturated heterocycles. The molecule has 3 heterocycles. The van der Waals surface area contributed by atoms with Crippen molar-refractivity contribution < 1.29 is 9.18 Å². The van der Waals surface area contributed by atoms with Crippen molar-refractivity contribution >= 4 is 34.2 Å². The first-order valence-corrected chi connectivity index (χ1v) is 10.2. The van der Waals surface area contributed by atoms with E-state index in [1.54, 1.807) is 24.3 Å². The minimum absolute atomic E-state index is 0.105. The lowest BCUT2D eigenvalue weighted by Crippen LogP contribution is -2.23. The molecule has 0 aliphatic rings. The number of carbonyl (C=O) groups excluding carboxylic acids is 1. The first-order chi connectivity index (χ1) is 15.5. The molecule has 158 valence electrons. The van der Waals surface area contributed by atoms with Crippen LogP contribution in [0.3, 0.4) is 0 Å². The molecule has 7 nitrogen and oxygen atoms in total. The van der Waals surface area contributed by atoms with Crippen LogP contribution in [0.5, 0.6) is 0 Å². The van der Waals surface area contributed by atoms with Gasteiger partial charge in [0.1, 0.15) is 5.82 Å². The highest BCUT2D eigenvalue weighted by Gasteiger charge is 2.17. The predicted octanol–water partition coefficient (Wildman–Crippen LogP) is 4.37. The van der Waals surface area contributed by atoms with Crippen LogP contribution in [0.4, 0.5) is 4.39 Å². The minimum Gasteiger partial charge on any atom is -0.346 e. The highest BCUT2D eigenvalue weighted by molar-refractivity contribution is 6.33. The summed E-state index contributed by atoms with van der Waals surface area (Å²) in [5.74, 6) is -0.167. The minimum atomic E-state index is -0.404. The molecule has 2 aromatic carbocycles. The molecular weight excluding hydrogens is 431 g/mol. The van der Waals surface area contributed by atoms with Crippen molar-refractivity contribution in [2.75, 3.05) is 0 Å². The van der Waals surface area contributed by atoms with E-state index in [-0.39, 0.29) is 12.5 Å². The van der Waals surface area contributed by atoms with Crippen molar-refractivity contribution in [3.05, 3.63) is 88.6 Å². The van der Waals surface area contributed by atoms with Gasteiger partial charge < -0.3 is 5.32 Å². The maximum absolute atomic E-state index is 13.4. The fraction of sp³-hybridized carbons (Fsp3) is 0.0870. The fourth-order valence-electron chi connectivity index (χ4n) is 3.55. The van der Waals surface area contributed by atoms with Crippen LogP contribution in [0.1, 0.15) is 21.7 Å². The Bertz CT molecular complexity index is 1500. The van der Waals surface area contributed by atoms with Gasteiger partial charge in [-0.2, -0.15) is 0 Å². The van der Waals surface area contributed by atoms with Gasteiger partial charge in [-0.1, -0.05) is 23.7 Å². The van der Waals surface area contributed by atoms with Gasteiger partial charge in [-0.15, -0.1) is 10.2 Å². The SMILES string of the molecule is Cc1nc2ccc(C(=O)NCc3cc(F)ccn3)cc2n2c(-c3ccccc3Cl)nnc12. The number of hydrogen-bond acceptors (Lipinski definition) is 5. The number of aromatic nitrogens is 5. The molecule has 0 saturated carbocycles. The van der Waals surface area contributed by atoms with Crippen molar-refractivity contribution in [3.63, 3.8) is 0 Å². The zero-order valence-electron chi connectivity index (χ0n) is 16.9. The summed E-state index contributed by atoms with van der Waals surface area (Å²) in [6.45, 7) is 1.96. The Labute approximate surface area is 186 Å². The quantitative estimate of drug-likeness (QED) is 0.443. The van der Waals surface area contributed by atoms with Gasteiger partial charge in [0.05, 0.1) is 34.0 Å². The van der Waals surface area contributed by atoms with Crippen LogP contribution >= 0.6 is 11.6 Å². The molecule has 0 aliphatic carbocycles. The molecule has 5 aromatic rings. The topological polar surface area (TPSA) is 85.1 Å². The number of nitrogens with one attached hydrogen (secondary N) is 1. The highest BCUT2D eigenvalue weighted by atomic mass is 35.5. The number of hydrogen-bond donors (Lipinski definition) is 1. The zero-order valence-corrected chi connectivity index (χ0v) is 17.6. The average Bonchev–Trinajstić information content (AvgIpc) is 3.24. The van der Waals surface area contributed by atoms with Crippen LogP contribution in [-0.2, 0) is 6.54 Å². The number of benzene rings is 2. The number of amides is 1. The monoisotopic (exact) mass is 446 g/mol. The number of fused-ring (bicyclic) bond motifs is 3. The van der Waals surface area contributed by atoms with E-state index in [1.165, 1.54) is 18.3 Å². The van der Waals surface area contributed by atoms with Gasteiger partial charge in [-0.25, -0.2) is 9.37 Å². The predicted molar refractivity (Wildman–Crippen MR) is 119 cm³/mol. The van der Waals surface area contributed by atoms with Gasteiger partial charge in [-0.3, -0.25) is 14.2 Å². The molecule has 32 heavy (non-hydrogen) atoms. The summed E-state index contributed by atoms with van der Waals surface area (Å²) in [7, 11) is 0. The van der Waals surface area contributed by atoms with Gasteiger partial charge in [0.15, 0.2) is 11.5 Å². The van der Waals surface area contributed by atoms with Crippen LogP contribution < -0.4 is 5.32 Å². The summed E-state index contributed by atoms with van der Waals surface area (Å²) >= 11 is 6.41. The largest absolute Gasteiger partial charge is 0.346 e. The molecule has 9 heteroatoms. The maximum Gasteiger partial charge on any atom is 0.251 e. The van der Waals surface area contributed by atoms with Crippen LogP contribution in [0.25, 0.3) is 28.1 Å². The van der Waals surface area contributed by atoms with Gasteiger partial charge in [0.2, 0.25) is 0 Å². The summed E-state index contributed by atoms with van der Waals surface area (Å²) in [5, 5.41) is 11.9. The number of rotatable bonds is 4. The Morgan fingerprint density at radius 1 is 1.12 bits per heavy atom. The Kier molecular flexibility index (Phi) is 4.99. The third-order valence-corrected chi connectivity index (χ3v) is 5.41. The first-order valence-electron chi connectivity index (χ1n) is 9.80. The van der Waals surface area contributed by atoms with Crippen molar-refractivity contribution in [1.82, 2.24) is 29.9 Å². The molecule has 0 atom stereocenters. The molecule has 0 unspecified atom stereocenters. The van der Waals surface area contributed by atoms with E-state index in [4.69, 9.17) is 11.6 Å². The Morgan fingerprint density at radius 2 is 1.97 bits per heavy atom. The molecule has 0 spiro atoms. The molecular formula is C23H16ClFN6O. The van der Waals surface area contributed by atoms with Crippen molar-refractivity contribution in [3.8, 4) is 11.4 Å². The lowest BCUT2D eigenvalue weighted by Gasteiger charge is -2.10. The van der Waals surface area contributed by atoms with Crippen molar-refractivity contribution in [1.29, 1.82) is 0 Å². The van der Waals surface area contributed by atoms with E-state index < -0.39 is 5.82 Å². The fourth-order valence-corrected chi connectivity index (χ4v) is 3.77. The number of pyridine rings is 1. The Hall–Kier alpha value is -3.91. The average molecular weight is 447 g/mol. The van der Waals surface area contributed by atoms with Crippen molar-refractivity contribution in [2.45, 2.75) is 13.5 Å². The summed E-state index contributed by atoms with van der Waals surface area (Å²) in [4.78, 5) is 21.4. The van der Waals surface area contributed by atoms with Crippen molar-refractivity contribution in [2.24, 2.45) is 0 Å². The number of aryl methyl sites for hydroxylation is 1. The van der Waals surface area contributed by atoms with E-state index >= 15 is 0 Å². The van der Waals surface area contributed by atoms with Gasteiger partial charge in [-0.05, 0) is 49.4 Å². The second kappa shape index (κ2) is 7.97. The second-order valence-corrected chi connectivity index (χ2v) is 7.62. The number of nitrogens with zero attached hydrogens (tertiary/aromatic N) is 5. The van der Waals surface area contributed by atoms with Crippen LogP contribution in [-0.4, -0.2) is 30.5 Å². The summed E-state index contributed by atoms with van der Waals surface area (Å²) in [6.07, 6.45) is 1.36. The van der Waals surface area contributed by atoms with Crippen LogP contribution in [0.2, 0.25) is 5.02 Å². The normalized spacial score (nSPS) is 11.2. The standard InChI is InChI=1S/C23H16ClFN6O/c1-13-21-29-30-22(17-4-2-3-5-18(17)24)31(21)20-10-14(6-7-19(20)28-13)23(32)27-12-16-11-15(25)8-9-26-16/h2-11H,12H2,1H3,(H,27,32). The van der Waals surface area contributed by atoms with Gasteiger partial charge >= 0.3 is 0 Å². The maximum atomic E-state index is 13.4. The third-order valence-electron chi connectivity index (χ3n) is 5.08. The zero-order chi connectivity index (χ0) is 22.2. The summed E-state index contributed by atoms with van der Waals surface area (Å²) in [5.41, 5.74) is 4.21. The summed E-state index contributed by atoms with van der Waals surface area (Å²) < 4.78 is 15.2. The molecule has 0 radical (unpaired) electrons. The van der Waals surface area contributed by atoms with E-state index in [0.29, 0.717) is 44.5 Å². The van der Waals surface area contributed by atoms with E-state index in [9.17, 15) is 9.18 Å². The molecule has 1 N–H and O–H groups in total. The van der Waals surface area contributed by atoms with E-state index in [2.05, 4.69) is 25.5 Å². The van der Waals surface area contributed by atoms with E-state index in [0.717, 1.165) is 5.56 Å². The third kappa shape index (κ3) is 3.54.